The molecule has 0 saturated heterocycles. The molecular formula is C16H12ClN3O. The van der Waals surface area contributed by atoms with E-state index in [1.165, 1.54) is 6.33 Å². The quantitative estimate of drug-likeness (QED) is 0.788. The molecule has 0 aliphatic heterocycles. The first kappa shape index (κ1) is 13.4. The molecule has 3 aromatic rings. The molecule has 0 spiro atoms. The smallest absolute Gasteiger partial charge is 0.224 e. The highest BCUT2D eigenvalue weighted by Gasteiger charge is 2.07. The number of nitrogens with two attached hydrogens (primary N) is 1. The van der Waals surface area contributed by atoms with Crippen LogP contribution in [-0.4, -0.2) is 9.97 Å². The van der Waals surface area contributed by atoms with Crippen LogP contribution in [0.25, 0.3) is 11.1 Å². The van der Waals surface area contributed by atoms with Gasteiger partial charge in [-0.2, -0.15) is 0 Å². The van der Waals surface area contributed by atoms with E-state index in [-0.39, 0.29) is 0 Å². The van der Waals surface area contributed by atoms with Gasteiger partial charge in [0.2, 0.25) is 5.88 Å². The molecular weight excluding hydrogens is 286 g/mol. The lowest BCUT2D eigenvalue weighted by atomic mass is 10.1. The molecule has 1 aromatic heterocycles. The molecule has 0 bridgehead atoms. The highest BCUT2D eigenvalue weighted by molar-refractivity contribution is 6.32. The number of hydrogen-bond acceptors (Lipinski definition) is 4. The second-order valence-electron chi connectivity index (χ2n) is 4.39. The average Bonchev–Trinajstić information content (AvgIpc) is 2.50. The lowest BCUT2D eigenvalue weighted by molar-refractivity contribution is 0.462. The Morgan fingerprint density at radius 3 is 2.43 bits per heavy atom. The van der Waals surface area contributed by atoms with Gasteiger partial charge in [0.15, 0.2) is 0 Å². The number of rotatable bonds is 3. The number of benzene rings is 2. The van der Waals surface area contributed by atoms with Gasteiger partial charge in [-0.25, -0.2) is 9.97 Å². The minimum absolute atomic E-state index is 0.344. The van der Waals surface area contributed by atoms with Crippen LogP contribution in [0.15, 0.2) is 60.9 Å². The summed E-state index contributed by atoms with van der Waals surface area (Å²) >= 11 is 6.27. The standard InChI is InChI=1S/C16H12ClN3O/c17-13-8-12(11-4-2-1-3-5-11)6-7-14(13)21-16-9-15(18)19-10-20-16/h1-10H,(H2,18,19,20). The topological polar surface area (TPSA) is 61.0 Å². The first-order valence-electron chi connectivity index (χ1n) is 6.33. The summed E-state index contributed by atoms with van der Waals surface area (Å²) in [5.41, 5.74) is 7.70. The Morgan fingerprint density at radius 2 is 1.71 bits per heavy atom. The van der Waals surface area contributed by atoms with Crippen molar-refractivity contribution in [2.45, 2.75) is 0 Å². The predicted molar refractivity (Wildman–Crippen MR) is 83.4 cm³/mol. The van der Waals surface area contributed by atoms with Crippen LogP contribution in [0, 0.1) is 0 Å². The minimum atomic E-state index is 0.344. The Hall–Kier alpha value is -2.59. The van der Waals surface area contributed by atoms with Gasteiger partial charge in [0.25, 0.3) is 0 Å². The molecule has 2 N–H and O–H groups in total. The molecule has 104 valence electrons. The summed E-state index contributed by atoms with van der Waals surface area (Å²) in [7, 11) is 0. The van der Waals surface area contributed by atoms with Gasteiger partial charge in [-0.3, -0.25) is 0 Å². The van der Waals surface area contributed by atoms with Crippen LogP contribution in [0.4, 0.5) is 5.82 Å². The highest BCUT2D eigenvalue weighted by atomic mass is 35.5. The van der Waals surface area contributed by atoms with Crippen LogP contribution < -0.4 is 10.5 Å². The molecule has 4 nitrogen and oxygen atoms in total. The summed E-state index contributed by atoms with van der Waals surface area (Å²) in [5.74, 6) is 1.23. The van der Waals surface area contributed by atoms with Gasteiger partial charge >= 0.3 is 0 Å². The van der Waals surface area contributed by atoms with Gasteiger partial charge in [0, 0.05) is 6.07 Å². The molecule has 5 heteroatoms. The average molecular weight is 298 g/mol. The molecule has 0 atom stereocenters. The van der Waals surface area contributed by atoms with Crippen molar-refractivity contribution in [1.29, 1.82) is 0 Å². The molecule has 0 saturated carbocycles. The van der Waals surface area contributed by atoms with Crippen molar-refractivity contribution < 1.29 is 4.74 Å². The zero-order valence-electron chi connectivity index (χ0n) is 11.0. The first-order valence-corrected chi connectivity index (χ1v) is 6.70. The van der Waals surface area contributed by atoms with Gasteiger partial charge in [-0.15, -0.1) is 0 Å². The van der Waals surface area contributed by atoms with Crippen molar-refractivity contribution in [3.8, 4) is 22.8 Å². The van der Waals surface area contributed by atoms with E-state index in [4.69, 9.17) is 22.1 Å². The summed E-state index contributed by atoms with van der Waals surface area (Å²) in [6, 6.07) is 17.1. The summed E-state index contributed by atoms with van der Waals surface area (Å²) < 4.78 is 5.62. The summed E-state index contributed by atoms with van der Waals surface area (Å²) in [6.07, 6.45) is 1.34. The predicted octanol–water partition coefficient (Wildman–Crippen LogP) is 4.17. The zero-order valence-corrected chi connectivity index (χ0v) is 11.8. The Bertz CT molecular complexity index is 762. The largest absolute Gasteiger partial charge is 0.437 e. The maximum atomic E-state index is 6.27. The van der Waals surface area contributed by atoms with E-state index in [1.54, 1.807) is 6.07 Å². The summed E-state index contributed by atoms with van der Waals surface area (Å²) in [6.45, 7) is 0. The molecule has 1 heterocycles. The van der Waals surface area contributed by atoms with Gasteiger partial charge in [-0.05, 0) is 23.3 Å². The van der Waals surface area contributed by atoms with E-state index in [0.29, 0.717) is 22.5 Å². The molecule has 0 amide bonds. The fourth-order valence-corrected chi connectivity index (χ4v) is 2.13. The van der Waals surface area contributed by atoms with Crippen LogP contribution in [0.3, 0.4) is 0 Å². The van der Waals surface area contributed by atoms with Gasteiger partial charge in [0.1, 0.15) is 17.9 Å². The highest BCUT2D eigenvalue weighted by Crippen LogP contribution is 2.32. The molecule has 2 aromatic carbocycles. The molecule has 0 fully saturated rings. The van der Waals surface area contributed by atoms with E-state index >= 15 is 0 Å². The van der Waals surface area contributed by atoms with Crippen molar-refractivity contribution in [2.75, 3.05) is 5.73 Å². The summed E-state index contributed by atoms with van der Waals surface area (Å²) in [4.78, 5) is 7.80. The normalized spacial score (nSPS) is 10.3. The monoisotopic (exact) mass is 297 g/mol. The molecule has 0 unspecified atom stereocenters. The van der Waals surface area contributed by atoms with Crippen molar-refractivity contribution >= 4 is 17.4 Å². The third-order valence-electron chi connectivity index (χ3n) is 2.92. The van der Waals surface area contributed by atoms with Crippen LogP contribution in [0.2, 0.25) is 5.02 Å². The van der Waals surface area contributed by atoms with E-state index in [1.807, 2.05) is 48.5 Å². The number of anilines is 1. The van der Waals surface area contributed by atoms with Crippen molar-refractivity contribution in [3.63, 3.8) is 0 Å². The Balaban J connectivity index is 1.88. The van der Waals surface area contributed by atoms with Crippen molar-refractivity contribution in [3.05, 3.63) is 65.9 Å². The molecule has 21 heavy (non-hydrogen) atoms. The van der Waals surface area contributed by atoms with E-state index in [0.717, 1.165) is 11.1 Å². The number of nitrogens with zero attached hydrogens (tertiary/aromatic N) is 2. The van der Waals surface area contributed by atoms with Crippen LogP contribution in [-0.2, 0) is 0 Å². The van der Waals surface area contributed by atoms with Gasteiger partial charge in [-0.1, -0.05) is 48.0 Å². The van der Waals surface area contributed by atoms with Crippen molar-refractivity contribution in [1.82, 2.24) is 9.97 Å². The molecule has 0 aliphatic carbocycles. The van der Waals surface area contributed by atoms with E-state index in [9.17, 15) is 0 Å². The second-order valence-corrected chi connectivity index (χ2v) is 4.80. The molecule has 3 rings (SSSR count). The van der Waals surface area contributed by atoms with Crippen LogP contribution in [0.5, 0.6) is 11.6 Å². The van der Waals surface area contributed by atoms with E-state index in [2.05, 4.69) is 9.97 Å². The number of ether oxygens (including phenoxy) is 1. The maximum absolute atomic E-state index is 6.27. The third-order valence-corrected chi connectivity index (χ3v) is 3.21. The Kier molecular flexibility index (Phi) is 3.71. The van der Waals surface area contributed by atoms with Crippen molar-refractivity contribution in [2.24, 2.45) is 0 Å². The Labute approximate surface area is 127 Å². The van der Waals surface area contributed by atoms with Crippen LogP contribution in [0.1, 0.15) is 0 Å². The Morgan fingerprint density at radius 1 is 0.905 bits per heavy atom. The number of halogens is 1. The second kappa shape index (κ2) is 5.81. The lowest BCUT2D eigenvalue weighted by Gasteiger charge is -2.08. The molecule has 0 aliphatic rings. The SMILES string of the molecule is Nc1cc(Oc2ccc(-c3ccccc3)cc2Cl)ncn1. The molecule has 0 radical (unpaired) electrons. The van der Waals surface area contributed by atoms with E-state index < -0.39 is 0 Å². The number of aromatic nitrogens is 2. The van der Waals surface area contributed by atoms with Gasteiger partial charge in [0.05, 0.1) is 5.02 Å². The number of nitrogen functional groups attached to an aromatic ring is 1. The first-order chi connectivity index (χ1) is 10.2. The lowest BCUT2D eigenvalue weighted by Crippen LogP contribution is -1.94. The van der Waals surface area contributed by atoms with Gasteiger partial charge < -0.3 is 10.5 Å². The summed E-state index contributed by atoms with van der Waals surface area (Å²) in [5, 5.41) is 0.508. The fraction of sp³-hybridized carbons (Fsp3) is 0. The zero-order chi connectivity index (χ0) is 14.7. The van der Waals surface area contributed by atoms with Crippen LogP contribution >= 0.6 is 11.6 Å². The fourth-order valence-electron chi connectivity index (χ4n) is 1.92. The minimum Gasteiger partial charge on any atom is -0.437 e. The number of hydrogen-bond donors (Lipinski definition) is 1. The third kappa shape index (κ3) is 3.12. The maximum Gasteiger partial charge on any atom is 0.224 e.